The van der Waals surface area contributed by atoms with Crippen molar-refractivity contribution >= 4 is 0 Å². The summed E-state index contributed by atoms with van der Waals surface area (Å²) in [5.41, 5.74) is 6.58. The molecule has 17 heavy (non-hydrogen) atoms. The lowest BCUT2D eigenvalue weighted by molar-refractivity contribution is 0.389. The number of rotatable bonds is 8. The third-order valence-corrected chi connectivity index (χ3v) is 2.62. The number of nitrogens with one attached hydrogen (secondary N) is 1. The molecule has 0 saturated carbocycles. The van der Waals surface area contributed by atoms with E-state index in [9.17, 15) is 0 Å². The zero-order valence-corrected chi connectivity index (χ0v) is 10.7. The van der Waals surface area contributed by atoms with Crippen LogP contribution in [0.1, 0.15) is 18.4 Å². The molecule has 1 aromatic rings. The van der Waals surface area contributed by atoms with E-state index in [1.807, 2.05) is 18.2 Å². The molecule has 0 spiro atoms. The molecule has 1 aromatic carbocycles. The van der Waals surface area contributed by atoms with Gasteiger partial charge in [-0.2, -0.15) is 0 Å². The molecule has 0 aliphatic rings. The highest BCUT2D eigenvalue weighted by Crippen LogP contribution is 2.24. The molecule has 0 radical (unpaired) electrons. The highest BCUT2D eigenvalue weighted by Gasteiger charge is 2.04. The normalized spacial score (nSPS) is 10.3. The lowest BCUT2D eigenvalue weighted by atomic mass is 10.2. The van der Waals surface area contributed by atoms with Gasteiger partial charge < -0.3 is 20.5 Å². The van der Waals surface area contributed by atoms with E-state index in [2.05, 4.69) is 5.32 Å². The first kappa shape index (κ1) is 13.8. The van der Waals surface area contributed by atoms with Crippen LogP contribution in [0.2, 0.25) is 0 Å². The van der Waals surface area contributed by atoms with Crippen LogP contribution in [-0.4, -0.2) is 27.3 Å². The standard InChI is InChI=1S/C13H22N2O2/c1-16-12-6-5-11(13(9-12)17-2)10-15-8-4-3-7-14/h5-6,9,15H,3-4,7-8,10,14H2,1-2H3. The van der Waals surface area contributed by atoms with Gasteiger partial charge in [-0.05, 0) is 32.0 Å². The molecule has 0 bridgehead atoms. The minimum absolute atomic E-state index is 0.757. The molecule has 0 amide bonds. The van der Waals surface area contributed by atoms with E-state index in [4.69, 9.17) is 15.2 Å². The Hall–Kier alpha value is -1.26. The summed E-state index contributed by atoms with van der Waals surface area (Å²) in [6.07, 6.45) is 2.17. The van der Waals surface area contributed by atoms with Crippen LogP contribution in [0.5, 0.6) is 11.5 Å². The molecule has 0 saturated heterocycles. The van der Waals surface area contributed by atoms with Gasteiger partial charge in [0.2, 0.25) is 0 Å². The van der Waals surface area contributed by atoms with Crippen molar-refractivity contribution in [3.8, 4) is 11.5 Å². The monoisotopic (exact) mass is 238 g/mol. The zero-order valence-electron chi connectivity index (χ0n) is 10.7. The Labute approximate surface area is 103 Å². The first-order valence-corrected chi connectivity index (χ1v) is 5.93. The molecule has 0 fully saturated rings. The average molecular weight is 238 g/mol. The molecule has 96 valence electrons. The maximum absolute atomic E-state index is 5.44. The van der Waals surface area contributed by atoms with Crippen molar-refractivity contribution in [3.05, 3.63) is 23.8 Å². The fourth-order valence-electron chi connectivity index (χ4n) is 1.62. The van der Waals surface area contributed by atoms with E-state index in [1.165, 1.54) is 0 Å². The molecular weight excluding hydrogens is 216 g/mol. The number of ether oxygens (including phenoxy) is 2. The number of nitrogens with two attached hydrogens (primary N) is 1. The summed E-state index contributed by atoms with van der Waals surface area (Å²) in [4.78, 5) is 0. The lowest BCUT2D eigenvalue weighted by Gasteiger charge is -2.11. The van der Waals surface area contributed by atoms with Crippen LogP contribution in [0.4, 0.5) is 0 Å². The molecule has 3 N–H and O–H groups in total. The van der Waals surface area contributed by atoms with Crippen LogP contribution in [-0.2, 0) is 6.54 Å². The van der Waals surface area contributed by atoms with E-state index in [0.717, 1.165) is 49.5 Å². The molecule has 4 nitrogen and oxygen atoms in total. The summed E-state index contributed by atoms with van der Waals surface area (Å²) in [6, 6.07) is 5.86. The topological polar surface area (TPSA) is 56.5 Å². The third kappa shape index (κ3) is 4.63. The minimum atomic E-state index is 0.757. The smallest absolute Gasteiger partial charge is 0.127 e. The Kier molecular flexibility index (Phi) is 6.43. The molecule has 0 atom stereocenters. The summed E-state index contributed by atoms with van der Waals surface area (Å²) in [7, 11) is 3.33. The number of methoxy groups -OCH3 is 2. The average Bonchev–Trinajstić information content (AvgIpc) is 2.38. The van der Waals surface area contributed by atoms with Crippen molar-refractivity contribution in [1.82, 2.24) is 5.32 Å². The van der Waals surface area contributed by atoms with E-state index in [0.29, 0.717) is 0 Å². The van der Waals surface area contributed by atoms with Crippen molar-refractivity contribution in [2.45, 2.75) is 19.4 Å². The lowest BCUT2D eigenvalue weighted by Crippen LogP contribution is -2.16. The Morgan fingerprint density at radius 1 is 1.18 bits per heavy atom. The molecule has 0 aromatic heterocycles. The predicted molar refractivity (Wildman–Crippen MR) is 69.5 cm³/mol. The predicted octanol–water partition coefficient (Wildman–Crippen LogP) is 1.53. The Morgan fingerprint density at radius 3 is 2.65 bits per heavy atom. The zero-order chi connectivity index (χ0) is 12.5. The van der Waals surface area contributed by atoms with Gasteiger partial charge in [0.1, 0.15) is 11.5 Å². The van der Waals surface area contributed by atoms with Crippen molar-refractivity contribution in [2.24, 2.45) is 5.73 Å². The van der Waals surface area contributed by atoms with Crippen molar-refractivity contribution in [1.29, 1.82) is 0 Å². The first-order valence-electron chi connectivity index (χ1n) is 5.93. The number of hydrogen-bond donors (Lipinski definition) is 2. The largest absolute Gasteiger partial charge is 0.497 e. The third-order valence-electron chi connectivity index (χ3n) is 2.62. The second-order valence-electron chi connectivity index (χ2n) is 3.85. The molecular formula is C13H22N2O2. The second-order valence-corrected chi connectivity index (χ2v) is 3.85. The summed E-state index contributed by atoms with van der Waals surface area (Å²) in [5, 5.41) is 3.37. The molecule has 0 heterocycles. The van der Waals surface area contributed by atoms with Crippen LogP contribution in [0.25, 0.3) is 0 Å². The number of unbranched alkanes of at least 4 members (excludes halogenated alkanes) is 1. The molecule has 0 unspecified atom stereocenters. The minimum Gasteiger partial charge on any atom is -0.497 e. The van der Waals surface area contributed by atoms with Gasteiger partial charge >= 0.3 is 0 Å². The summed E-state index contributed by atoms with van der Waals surface area (Å²) in [6.45, 7) is 2.54. The molecule has 4 heteroatoms. The van der Waals surface area contributed by atoms with E-state index in [-0.39, 0.29) is 0 Å². The maximum Gasteiger partial charge on any atom is 0.127 e. The summed E-state index contributed by atoms with van der Waals surface area (Å²) >= 11 is 0. The van der Waals surface area contributed by atoms with Gasteiger partial charge in [-0.25, -0.2) is 0 Å². The van der Waals surface area contributed by atoms with Gasteiger partial charge in [-0.15, -0.1) is 0 Å². The Bertz CT molecular complexity index is 329. The van der Waals surface area contributed by atoms with Gasteiger partial charge in [-0.3, -0.25) is 0 Å². The van der Waals surface area contributed by atoms with E-state index in [1.54, 1.807) is 14.2 Å². The van der Waals surface area contributed by atoms with Crippen LogP contribution in [0, 0.1) is 0 Å². The van der Waals surface area contributed by atoms with Crippen molar-refractivity contribution in [3.63, 3.8) is 0 Å². The second kappa shape index (κ2) is 7.92. The van der Waals surface area contributed by atoms with E-state index < -0.39 is 0 Å². The maximum atomic E-state index is 5.44. The van der Waals surface area contributed by atoms with Gasteiger partial charge in [0.15, 0.2) is 0 Å². The summed E-state index contributed by atoms with van der Waals surface area (Å²) in [5.74, 6) is 1.67. The van der Waals surface area contributed by atoms with Crippen LogP contribution in [0.15, 0.2) is 18.2 Å². The van der Waals surface area contributed by atoms with Gasteiger partial charge in [0, 0.05) is 18.2 Å². The van der Waals surface area contributed by atoms with E-state index >= 15 is 0 Å². The van der Waals surface area contributed by atoms with Crippen LogP contribution >= 0.6 is 0 Å². The Morgan fingerprint density at radius 2 is 2.00 bits per heavy atom. The highest BCUT2D eigenvalue weighted by molar-refractivity contribution is 5.40. The van der Waals surface area contributed by atoms with Crippen LogP contribution in [0.3, 0.4) is 0 Å². The Balaban J connectivity index is 2.46. The number of hydrogen-bond acceptors (Lipinski definition) is 4. The van der Waals surface area contributed by atoms with Gasteiger partial charge in [-0.1, -0.05) is 6.07 Å². The van der Waals surface area contributed by atoms with Crippen LogP contribution < -0.4 is 20.5 Å². The van der Waals surface area contributed by atoms with Gasteiger partial charge in [0.25, 0.3) is 0 Å². The van der Waals surface area contributed by atoms with Crippen molar-refractivity contribution < 1.29 is 9.47 Å². The highest BCUT2D eigenvalue weighted by atomic mass is 16.5. The van der Waals surface area contributed by atoms with Crippen molar-refractivity contribution in [2.75, 3.05) is 27.3 Å². The molecule has 0 aliphatic carbocycles. The molecule has 0 aliphatic heterocycles. The molecule has 1 rings (SSSR count). The SMILES string of the molecule is COc1ccc(CNCCCCN)c(OC)c1. The quantitative estimate of drug-likeness (QED) is 0.674. The first-order chi connectivity index (χ1) is 8.31. The van der Waals surface area contributed by atoms with Gasteiger partial charge in [0.05, 0.1) is 14.2 Å². The number of benzene rings is 1. The summed E-state index contributed by atoms with van der Waals surface area (Å²) < 4.78 is 10.5. The fourth-order valence-corrected chi connectivity index (χ4v) is 1.62. The fraction of sp³-hybridized carbons (Fsp3) is 0.538.